The number of aryl methyl sites for hydroxylation is 1. The standard InChI is InChI=1S/C9H11BrN2O4/c1-5-6(3-12-16-5)8(13)11-4-7(10)9(14)15-2/h3,7H,4H2,1-2H3,(H,11,13). The molecule has 0 fully saturated rings. The van der Waals surface area contributed by atoms with Crippen LogP contribution < -0.4 is 5.32 Å². The fraction of sp³-hybridized carbons (Fsp3) is 0.444. The van der Waals surface area contributed by atoms with Crippen LogP contribution in [-0.4, -0.2) is 35.5 Å². The summed E-state index contributed by atoms with van der Waals surface area (Å²) in [5, 5.41) is 6.04. The summed E-state index contributed by atoms with van der Waals surface area (Å²) >= 11 is 3.09. The molecule has 0 aliphatic rings. The lowest BCUT2D eigenvalue weighted by Crippen LogP contribution is -2.34. The van der Waals surface area contributed by atoms with Gasteiger partial charge in [-0.3, -0.25) is 9.59 Å². The lowest BCUT2D eigenvalue weighted by molar-refractivity contribution is -0.139. The number of rotatable bonds is 4. The van der Waals surface area contributed by atoms with Crippen molar-refractivity contribution in [3.05, 3.63) is 17.5 Å². The van der Waals surface area contributed by atoms with Crippen molar-refractivity contribution in [1.29, 1.82) is 0 Å². The number of carbonyl (C=O) groups excluding carboxylic acids is 2. The van der Waals surface area contributed by atoms with E-state index in [9.17, 15) is 9.59 Å². The quantitative estimate of drug-likeness (QED) is 0.650. The second-order valence-electron chi connectivity index (χ2n) is 3.00. The van der Waals surface area contributed by atoms with Gasteiger partial charge in [0.25, 0.3) is 5.91 Å². The first-order chi connectivity index (χ1) is 7.56. The number of esters is 1. The third-order valence-electron chi connectivity index (χ3n) is 1.89. The number of nitrogens with zero attached hydrogens (tertiary/aromatic N) is 1. The summed E-state index contributed by atoms with van der Waals surface area (Å²) in [6.07, 6.45) is 1.33. The van der Waals surface area contributed by atoms with Gasteiger partial charge in [0.1, 0.15) is 16.2 Å². The molecular formula is C9H11BrN2O4. The number of alkyl halides is 1. The maximum absolute atomic E-state index is 11.6. The largest absolute Gasteiger partial charge is 0.468 e. The number of amides is 1. The lowest BCUT2D eigenvalue weighted by Gasteiger charge is -2.08. The molecule has 0 aliphatic carbocycles. The fourth-order valence-electron chi connectivity index (χ4n) is 1.01. The van der Waals surface area contributed by atoms with E-state index < -0.39 is 10.8 Å². The summed E-state index contributed by atoms with van der Waals surface area (Å²) < 4.78 is 9.24. The van der Waals surface area contributed by atoms with Crippen LogP contribution in [0.5, 0.6) is 0 Å². The molecule has 0 saturated heterocycles. The molecule has 1 heterocycles. The van der Waals surface area contributed by atoms with Crippen molar-refractivity contribution in [1.82, 2.24) is 10.5 Å². The lowest BCUT2D eigenvalue weighted by atomic mass is 10.2. The predicted molar refractivity (Wildman–Crippen MR) is 58.3 cm³/mol. The monoisotopic (exact) mass is 290 g/mol. The molecule has 88 valence electrons. The Hall–Kier alpha value is -1.37. The number of hydrogen-bond donors (Lipinski definition) is 1. The molecule has 0 aromatic carbocycles. The van der Waals surface area contributed by atoms with E-state index in [1.165, 1.54) is 13.3 Å². The Bertz CT molecular complexity index is 391. The summed E-state index contributed by atoms with van der Waals surface area (Å²) in [5.74, 6) is -0.351. The van der Waals surface area contributed by atoms with Crippen molar-refractivity contribution in [3.63, 3.8) is 0 Å². The van der Waals surface area contributed by atoms with E-state index in [2.05, 4.69) is 31.1 Å². The molecule has 6 nitrogen and oxygen atoms in total. The molecule has 1 aromatic heterocycles. The van der Waals surface area contributed by atoms with Gasteiger partial charge in [0.2, 0.25) is 0 Å². The zero-order valence-corrected chi connectivity index (χ0v) is 10.4. The predicted octanol–water partition coefficient (Wildman–Crippen LogP) is 0.649. The van der Waals surface area contributed by atoms with Crippen molar-refractivity contribution < 1.29 is 18.8 Å². The summed E-state index contributed by atoms with van der Waals surface area (Å²) in [7, 11) is 1.28. The van der Waals surface area contributed by atoms with Crippen LogP contribution in [-0.2, 0) is 9.53 Å². The van der Waals surface area contributed by atoms with Crippen LogP contribution in [0.2, 0.25) is 0 Å². The van der Waals surface area contributed by atoms with Gasteiger partial charge >= 0.3 is 5.97 Å². The normalized spacial score (nSPS) is 11.9. The molecule has 7 heteroatoms. The molecule has 1 rings (SSSR count). The zero-order chi connectivity index (χ0) is 12.1. The number of carbonyl (C=O) groups is 2. The third-order valence-corrected chi connectivity index (χ3v) is 2.59. The van der Waals surface area contributed by atoms with Crippen LogP contribution in [0.1, 0.15) is 16.1 Å². The van der Waals surface area contributed by atoms with E-state index in [-0.39, 0.29) is 12.5 Å². The van der Waals surface area contributed by atoms with Gasteiger partial charge in [0.05, 0.1) is 13.3 Å². The highest BCUT2D eigenvalue weighted by Gasteiger charge is 2.18. The van der Waals surface area contributed by atoms with Crippen molar-refractivity contribution >= 4 is 27.8 Å². The Morgan fingerprint density at radius 1 is 1.69 bits per heavy atom. The van der Waals surface area contributed by atoms with Gasteiger partial charge in [-0.2, -0.15) is 0 Å². The second kappa shape index (κ2) is 5.64. The zero-order valence-electron chi connectivity index (χ0n) is 8.82. The Morgan fingerprint density at radius 3 is 2.88 bits per heavy atom. The summed E-state index contributed by atoms with van der Waals surface area (Å²) in [4.78, 5) is 22.0. The van der Waals surface area contributed by atoms with Gasteiger partial charge in [-0.1, -0.05) is 21.1 Å². The van der Waals surface area contributed by atoms with E-state index in [1.807, 2.05) is 0 Å². The molecule has 16 heavy (non-hydrogen) atoms. The van der Waals surface area contributed by atoms with Crippen LogP contribution in [0.4, 0.5) is 0 Å². The second-order valence-corrected chi connectivity index (χ2v) is 4.10. The average molecular weight is 291 g/mol. The van der Waals surface area contributed by atoms with Crippen molar-refractivity contribution in [2.24, 2.45) is 0 Å². The molecule has 0 spiro atoms. The number of halogens is 1. The minimum Gasteiger partial charge on any atom is -0.468 e. The van der Waals surface area contributed by atoms with Gasteiger partial charge in [-0.25, -0.2) is 0 Å². The average Bonchev–Trinajstić information content (AvgIpc) is 2.70. The Labute approximate surface area is 100 Å². The van der Waals surface area contributed by atoms with Crippen molar-refractivity contribution in [3.8, 4) is 0 Å². The number of methoxy groups -OCH3 is 1. The first kappa shape index (κ1) is 12.7. The molecule has 1 atom stereocenters. The Balaban J connectivity index is 2.48. The van der Waals surface area contributed by atoms with Gasteiger partial charge in [0, 0.05) is 6.54 Å². The van der Waals surface area contributed by atoms with E-state index in [1.54, 1.807) is 6.92 Å². The Kier molecular flexibility index (Phi) is 4.48. The number of hydrogen-bond acceptors (Lipinski definition) is 5. The highest BCUT2D eigenvalue weighted by molar-refractivity contribution is 9.10. The van der Waals surface area contributed by atoms with Crippen LogP contribution in [0.3, 0.4) is 0 Å². The van der Waals surface area contributed by atoms with Crippen LogP contribution in [0.15, 0.2) is 10.7 Å². The minimum atomic E-state index is -0.568. The molecule has 1 N–H and O–H groups in total. The van der Waals surface area contributed by atoms with Gasteiger partial charge < -0.3 is 14.6 Å². The number of nitrogens with one attached hydrogen (secondary N) is 1. The highest BCUT2D eigenvalue weighted by atomic mass is 79.9. The molecule has 0 saturated carbocycles. The van der Waals surface area contributed by atoms with Gasteiger partial charge in [-0.05, 0) is 6.92 Å². The van der Waals surface area contributed by atoms with Crippen LogP contribution in [0, 0.1) is 6.92 Å². The fourth-order valence-corrected chi connectivity index (χ4v) is 1.35. The van der Waals surface area contributed by atoms with E-state index >= 15 is 0 Å². The SMILES string of the molecule is COC(=O)C(Br)CNC(=O)c1cnoc1C. The Morgan fingerprint density at radius 2 is 2.38 bits per heavy atom. The summed E-state index contributed by atoms with van der Waals surface area (Å²) in [6, 6.07) is 0. The maximum Gasteiger partial charge on any atom is 0.321 e. The van der Waals surface area contributed by atoms with E-state index in [0.717, 1.165) is 0 Å². The number of aromatic nitrogens is 1. The van der Waals surface area contributed by atoms with Crippen molar-refractivity contribution in [2.45, 2.75) is 11.8 Å². The number of ether oxygens (including phenoxy) is 1. The van der Waals surface area contributed by atoms with Gasteiger partial charge in [-0.15, -0.1) is 0 Å². The third kappa shape index (κ3) is 3.06. The highest BCUT2D eigenvalue weighted by Crippen LogP contribution is 2.06. The molecule has 0 aliphatic heterocycles. The maximum atomic E-state index is 11.6. The van der Waals surface area contributed by atoms with E-state index in [4.69, 9.17) is 4.52 Å². The smallest absolute Gasteiger partial charge is 0.321 e. The first-order valence-corrected chi connectivity index (χ1v) is 5.39. The van der Waals surface area contributed by atoms with Crippen molar-refractivity contribution in [2.75, 3.05) is 13.7 Å². The minimum absolute atomic E-state index is 0.135. The van der Waals surface area contributed by atoms with Crippen LogP contribution >= 0.6 is 15.9 Å². The molecule has 0 bridgehead atoms. The topological polar surface area (TPSA) is 81.4 Å². The molecule has 1 unspecified atom stereocenters. The van der Waals surface area contributed by atoms with E-state index in [0.29, 0.717) is 11.3 Å². The molecular weight excluding hydrogens is 280 g/mol. The summed E-state index contributed by atoms with van der Waals surface area (Å²) in [5.41, 5.74) is 0.351. The van der Waals surface area contributed by atoms with Gasteiger partial charge in [0.15, 0.2) is 0 Å². The molecule has 1 aromatic rings. The van der Waals surface area contributed by atoms with Crippen LogP contribution in [0.25, 0.3) is 0 Å². The first-order valence-electron chi connectivity index (χ1n) is 4.47. The molecule has 0 radical (unpaired) electrons. The summed E-state index contributed by atoms with van der Waals surface area (Å²) in [6.45, 7) is 1.77. The molecule has 1 amide bonds.